The van der Waals surface area contributed by atoms with Gasteiger partial charge in [-0.15, -0.1) is 0 Å². The van der Waals surface area contributed by atoms with Gasteiger partial charge in [-0.05, 0) is 44.0 Å². The Hall–Kier alpha value is -3.39. The summed E-state index contributed by atoms with van der Waals surface area (Å²) in [6.07, 6.45) is 4.86. The van der Waals surface area contributed by atoms with Crippen molar-refractivity contribution in [3.63, 3.8) is 0 Å². The molecule has 210 valence electrons. The summed E-state index contributed by atoms with van der Waals surface area (Å²) in [6, 6.07) is 14.1. The van der Waals surface area contributed by atoms with Crippen LogP contribution >= 0.6 is 0 Å². The van der Waals surface area contributed by atoms with Crippen LogP contribution in [0.3, 0.4) is 0 Å². The van der Waals surface area contributed by atoms with Crippen molar-refractivity contribution in [1.29, 1.82) is 0 Å². The zero-order valence-electron chi connectivity index (χ0n) is 23.5. The molecule has 1 fully saturated rings. The fourth-order valence-corrected chi connectivity index (χ4v) is 5.49. The van der Waals surface area contributed by atoms with Crippen LogP contribution in [0, 0.1) is 11.8 Å². The minimum Gasteiger partial charge on any atom is -0.491 e. The Morgan fingerprint density at radius 1 is 1.00 bits per heavy atom. The van der Waals surface area contributed by atoms with E-state index in [-0.39, 0.29) is 48.3 Å². The number of carbonyl (C=O) groups excluding carboxylic acids is 3. The molecule has 1 N–H and O–H groups in total. The van der Waals surface area contributed by atoms with Gasteiger partial charge in [-0.1, -0.05) is 44.4 Å². The summed E-state index contributed by atoms with van der Waals surface area (Å²) in [4.78, 5) is 43.4. The Kier molecular flexibility index (Phi) is 9.62. The molecule has 2 aromatic rings. The van der Waals surface area contributed by atoms with Gasteiger partial charge in [-0.2, -0.15) is 0 Å². The molecule has 39 heavy (non-hydrogen) atoms. The van der Waals surface area contributed by atoms with Gasteiger partial charge in [0.15, 0.2) is 0 Å². The summed E-state index contributed by atoms with van der Waals surface area (Å²) in [7, 11) is 3.38. The second kappa shape index (κ2) is 13.1. The summed E-state index contributed by atoms with van der Waals surface area (Å²) in [5.41, 5.74) is 1.61. The minimum atomic E-state index is -0.279. The summed E-state index contributed by atoms with van der Waals surface area (Å²) in [6.45, 7) is 4.98. The van der Waals surface area contributed by atoms with E-state index in [0.29, 0.717) is 35.7 Å². The Balaban J connectivity index is 1.63. The van der Waals surface area contributed by atoms with Gasteiger partial charge in [-0.3, -0.25) is 14.4 Å². The molecule has 0 saturated heterocycles. The van der Waals surface area contributed by atoms with Crippen molar-refractivity contribution < 1.29 is 23.9 Å². The zero-order valence-corrected chi connectivity index (χ0v) is 23.5. The van der Waals surface area contributed by atoms with Crippen LogP contribution in [-0.4, -0.2) is 73.5 Å². The molecule has 0 aromatic heterocycles. The molecular weight excluding hydrogens is 494 g/mol. The van der Waals surface area contributed by atoms with Crippen LogP contribution in [0.4, 0.5) is 5.69 Å². The number of amides is 3. The SMILES string of the molecule is CO[C@@H]1CN(C)C(=O)c2ccc(NC(=O)C3CCCCC3)cc2OC[C@H](C)N(C(=O)c2ccccc2)C[C@@H]1C. The highest BCUT2D eigenvalue weighted by molar-refractivity contribution is 5.99. The van der Waals surface area contributed by atoms with E-state index >= 15 is 0 Å². The van der Waals surface area contributed by atoms with E-state index in [1.807, 2.05) is 49.1 Å². The summed E-state index contributed by atoms with van der Waals surface area (Å²) in [5, 5.41) is 3.03. The van der Waals surface area contributed by atoms with Crippen LogP contribution in [0.5, 0.6) is 5.75 Å². The van der Waals surface area contributed by atoms with Crippen molar-refractivity contribution in [2.45, 2.75) is 58.1 Å². The third kappa shape index (κ3) is 6.98. The molecule has 0 spiro atoms. The first kappa shape index (κ1) is 28.6. The standard InChI is InChI=1S/C31H41N3O5/c1-21-18-34(30(36)24-13-9-6-10-14-24)22(2)20-39-27-17-25(32-29(35)23-11-7-5-8-12-23)15-16-26(27)31(37)33(3)19-28(21)38-4/h6,9-10,13-17,21-23,28H,5,7-8,11-12,18-20H2,1-4H3,(H,32,35)/t21-,22-,28+/m0/s1. The van der Waals surface area contributed by atoms with E-state index in [2.05, 4.69) is 5.32 Å². The van der Waals surface area contributed by atoms with Crippen LogP contribution in [0.2, 0.25) is 0 Å². The Bertz CT molecular complexity index is 1150. The number of fused-ring (bicyclic) bond motifs is 1. The number of anilines is 1. The number of carbonyl (C=O) groups is 3. The lowest BCUT2D eigenvalue weighted by Crippen LogP contribution is -2.48. The lowest BCUT2D eigenvalue weighted by Gasteiger charge is -2.36. The zero-order chi connectivity index (χ0) is 27.9. The fraction of sp³-hybridized carbons (Fsp3) is 0.516. The topological polar surface area (TPSA) is 88.2 Å². The molecule has 1 heterocycles. The molecule has 0 bridgehead atoms. The van der Waals surface area contributed by atoms with E-state index in [9.17, 15) is 14.4 Å². The van der Waals surface area contributed by atoms with Crippen LogP contribution in [0.15, 0.2) is 48.5 Å². The maximum atomic E-state index is 13.6. The van der Waals surface area contributed by atoms with Gasteiger partial charge in [0.05, 0.1) is 17.7 Å². The quantitative estimate of drug-likeness (QED) is 0.605. The van der Waals surface area contributed by atoms with Gasteiger partial charge >= 0.3 is 0 Å². The number of nitrogens with one attached hydrogen (secondary N) is 1. The molecule has 3 amide bonds. The third-order valence-corrected chi connectivity index (χ3v) is 7.97. The molecule has 1 aliphatic heterocycles. The Labute approximate surface area is 231 Å². The van der Waals surface area contributed by atoms with Crippen molar-refractivity contribution in [3.8, 4) is 5.75 Å². The normalized spacial score (nSPS) is 23.2. The second-order valence-corrected chi connectivity index (χ2v) is 11.0. The predicted molar refractivity (Wildman–Crippen MR) is 151 cm³/mol. The monoisotopic (exact) mass is 535 g/mol. The van der Waals surface area contributed by atoms with Crippen molar-refractivity contribution >= 4 is 23.4 Å². The van der Waals surface area contributed by atoms with Crippen LogP contribution in [0.25, 0.3) is 0 Å². The number of hydrogen-bond acceptors (Lipinski definition) is 5. The highest BCUT2D eigenvalue weighted by atomic mass is 16.5. The Morgan fingerprint density at radius 2 is 1.72 bits per heavy atom. The first-order valence-electron chi connectivity index (χ1n) is 14.0. The number of likely N-dealkylation sites (N-methyl/N-ethyl adjacent to an activating group) is 1. The lowest BCUT2D eigenvalue weighted by molar-refractivity contribution is -0.120. The molecule has 2 aromatic carbocycles. The number of benzene rings is 2. The molecule has 1 aliphatic carbocycles. The van der Waals surface area contributed by atoms with E-state index < -0.39 is 0 Å². The van der Waals surface area contributed by atoms with Crippen molar-refractivity contribution in [2.75, 3.05) is 39.2 Å². The van der Waals surface area contributed by atoms with Crippen molar-refractivity contribution in [1.82, 2.24) is 9.80 Å². The first-order valence-corrected chi connectivity index (χ1v) is 14.0. The molecule has 3 atom stereocenters. The van der Waals surface area contributed by atoms with Gasteiger partial charge in [-0.25, -0.2) is 0 Å². The van der Waals surface area contributed by atoms with Crippen LogP contribution in [-0.2, 0) is 9.53 Å². The second-order valence-electron chi connectivity index (χ2n) is 11.0. The minimum absolute atomic E-state index is 0.0103. The third-order valence-electron chi connectivity index (χ3n) is 7.97. The van der Waals surface area contributed by atoms with Crippen molar-refractivity contribution in [3.05, 3.63) is 59.7 Å². The van der Waals surface area contributed by atoms with Gasteiger partial charge in [0.1, 0.15) is 12.4 Å². The fourth-order valence-electron chi connectivity index (χ4n) is 5.49. The van der Waals surface area contributed by atoms with E-state index in [0.717, 1.165) is 25.7 Å². The summed E-state index contributed by atoms with van der Waals surface area (Å²) in [5.74, 6) is 0.111. The molecule has 8 heteroatoms. The molecule has 4 rings (SSSR count). The lowest BCUT2D eigenvalue weighted by atomic mass is 9.88. The number of rotatable bonds is 4. The highest BCUT2D eigenvalue weighted by Gasteiger charge is 2.31. The Morgan fingerprint density at radius 3 is 2.41 bits per heavy atom. The summed E-state index contributed by atoms with van der Waals surface area (Å²) < 4.78 is 12.0. The number of methoxy groups -OCH3 is 1. The maximum Gasteiger partial charge on any atom is 0.257 e. The van der Waals surface area contributed by atoms with E-state index in [1.54, 1.807) is 37.3 Å². The molecular formula is C31H41N3O5. The van der Waals surface area contributed by atoms with E-state index in [1.165, 1.54) is 6.42 Å². The van der Waals surface area contributed by atoms with Gasteiger partial charge < -0.3 is 24.6 Å². The first-order chi connectivity index (χ1) is 18.8. The predicted octanol–water partition coefficient (Wildman–Crippen LogP) is 4.85. The maximum absolute atomic E-state index is 13.6. The molecule has 0 radical (unpaired) electrons. The van der Waals surface area contributed by atoms with Gasteiger partial charge in [0, 0.05) is 56.4 Å². The average Bonchev–Trinajstić information content (AvgIpc) is 2.97. The molecule has 2 aliphatic rings. The van der Waals surface area contributed by atoms with Gasteiger partial charge in [0.2, 0.25) is 5.91 Å². The average molecular weight is 536 g/mol. The largest absolute Gasteiger partial charge is 0.491 e. The summed E-state index contributed by atoms with van der Waals surface area (Å²) >= 11 is 0. The smallest absolute Gasteiger partial charge is 0.257 e. The van der Waals surface area contributed by atoms with Crippen LogP contribution in [0.1, 0.15) is 66.7 Å². The molecule has 8 nitrogen and oxygen atoms in total. The van der Waals surface area contributed by atoms with Crippen molar-refractivity contribution in [2.24, 2.45) is 11.8 Å². The van der Waals surface area contributed by atoms with Crippen LogP contribution < -0.4 is 10.1 Å². The van der Waals surface area contributed by atoms with E-state index in [4.69, 9.17) is 9.47 Å². The number of nitrogens with zero attached hydrogens (tertiary/aromatic N) is 2. The highest BCUT2D eigenvalue weighted by Crippen LogP contribution is 2.29. The number of ether oxygens (including phenoxy) is 2. The number of hydrogen-bond donors (Lipinski definition) is 1. The van der Waals surface area contributed by atoms with Gasteiger partial charge in [0.25, 0.3) is 11.8 Å². The molecule has 1 saturated carbocycles. The molecule has 0 unspecified atom stereocenters.